The lowest BCUT2D eigenvalue weighted by atomic mass is 9.66. The van der Waals surface area contributed by atoms with Gasteiger partial charge in [0.15, 0.2) is 0 Å². The molecule has 1 atom stereocenters. The molecular weight excluding hydrogens is 194 g/mol. The minimum absolute atomic E-state index is 0.247. The molecule has 0 aromatic carbocycles. The normalized spacial score (nSPS) is 26.4. The topological polar surface area (TPSA) is 30.0 Å². The first-order valence-corrected chi connectivity index (χ1v) is 5.84. The second kappa shape index (κ2) is 3.46. The predicted octanol–water partition coefficient (Wildman–Crippen LogP) is 3.01. The van der Waals surface area contributed by atoms with Crippen molar-refractivity contribution in [1.29, 1.82) is 0 Å². The van der Waals surface area contributed by atoms with E-state index in [1.165, 1.54) is 17.1 Å². The summed E-state index contributed by atoms with van der Waals surface area (Å²) < 4.78 is 4.12. The van der Waals surface area contributed by atoms with E-state index in [2.05, 4.69) is 23.6 Å². The summed E-state index contributed by atoms with van der Waals surface area (Å²) in [6.07, 6.45) is 4.37. The van der Waals surface area contributed by atoms with E-state index in [0.717, 1.165) is 12.8 Å². The third-order valence-corrected chi connectivity index (χ3v) is 3.88. The van der Waals surface area contributed by atoms with Crippen LogP contribution >= 0.6 is 11.5 Å². The highest BCUT2D eigenvalue weighted by Gasteiger charge is 2.36. The van der Waals surface area contributed by atoms with Crippen molar-refractivity contribution in [3.63, 3.8) is 0 Å². The number of carbonyl (C=O) groups is 1. The standard InChI is InChI=1S/C11H15NOS/c1-11(2)4-3-9(13)5-10(11)8-6-12-14-7-8/h6-7,10H,3-5H2,1-2H3. The molecule has 1 fully saturated rings. The van der Waals surface area contributed by atoms with Crippen molar-refractivity contribution in [2.45, 2.75) is 39.0 Å². The molecule has 2 nitrogen and oxygen atoms in total. The molecule has 0 radical (unpaired) electrons. The summed E-state index contributed by atoms with van der Waals surface area (Å²) in [5, 5.41) is 2.07. The Labute approximate surface area is 88.5 Å². The Balaban J connectivity index is 2.27. The summed E-state index contributed by atoms with van der Waals surface area (Å²) in [7, 11) is 0. The second-order valence-corrected chi connectivity index (χ2v) is 5.40. The van der Waals surface area contributed by atoms with Crippen LogP contribution in [0.25, 0.3) is 0 Å². The number of aromatic nitrogens is 1. The van der Waals surface area contributed by atoms with Gasteiger partial charge in [0, 0.05) is 24.4 Å². The van der Waals surface area contributed by atoms with Gasteiger partial charge in [-0.3, -0.25) is 4.79 Å². The highest BCUT2D eigenvalue weighted by Crippen LogP contribution is 2.45. The van der Waals surface area contributed by atoms with Gasteiger partial charge >= 0.3 is 0 Å². The van der Waals surface area contributed by atoms with Crippen LogP contribution in [0.15, 0.2) is 11.6 Å². The van der Waals surface area contributed by atoms with E-state index < -0.39 is 0 Å². The van der Waals surface area contributed by atoms with E-state index in [-0.39, 0.29) is 5.41 Å². The van der Waals surface area contributed by atoms with Crippen LogP contribution in [0.4, 0.5) is 0 Å². The Hall–Kier alpha value is -0.700. The van der Waals surface area contributed by atoms with Crippen molar-refractivity contribution < 1.29 is 4.79 Å². The van der Waals surface area contributed by atoms with Crippen molar-refractivity contribution in [2.75, 3.05) is 0 Å². The quantitative estimate of drug-likeness (QED) is 0.711. The Kier molecular flexibility index (Phi) is 2.43. The number of hydrogen-bond donors (Lipinski definition) is 0. The summed E-state index contributed by atoms with van der Waals surface area (Å²) in [4.78, 5) is 11.4. The van der Waals surface area contributed by atoms with Gasteiger partial charge in [-0.25, -0.2) is 4.37 Å². The minimum Gasteiger partial charge on any atom is -0.300 e. The maximum atomic E-state index is 11.4. The van der Waals surface area contributed by atoms with Crippen LogP contribution in [0.1, 0.15) is 44.6 Å². The van der Waals surface area contributed by atoms with E-state index in [0.29, 0.717) is 18.1 Å². The molecule has 0 saturated heterocycles. The lowest BCUT2D eigenvalue weighted by molar-refractivity contribution is -0.122. The minimum atomic E-state index is 0.247. The molecule has 1 unspecified atom stereocenters. The molecule has 3 heteroatoms. The van der Waals surface area contributed by atoms with Crippen LogP contribution in [-0.2, 0) is 4.79 Å². The van der Waals surface area contributed by atoms with Crippen LogP contribution in [-0.4, -0.2) is 10.2 Å². The zero-order chi connectivity index (χ0) is 10.2. The first kappa shape index (κ1) is 9.84. The van der Waals surface area contributed by atoms with Crippen molar-refractivity contribution in [3.05, 3.63) is 17.1 Å². The monoisotopic (exact) mass is 209 g/mol. The number of carbonyl (C=O) groups excluding carboxylic acids is 1. The van der Waals surface area contributed by atoms with Gasteiger partial charge in [-0.15, -0.1) is 0 Å². The number of hydrogen-bond acceptors (Lipinski definition) is 3. The summed E-state index contributed by atoms with van der Waals surface area (Å²) in [6, 6.07) is 0. The summed E-state index contributed by atoms with van der Waals surface area (Å²) in [5.41, 5.74) is 1.49. The van der Waals surface area contributed by atoms with Gasteiger partial charge in [0.1, 0.15) is 5.78 Å². The Bertz CT molecular complexity index is 329. The molecule has 1 aliphatic rings. The van der Waals surface area contributed by atoms with E-state index in [4.69, 9.17) is 0 Å². The molecule has 76 valence electrons. The third-order valence-electron chi connectivity index (χ3n) is 3.28. The second-order valence-electron chi connectivity index (χ2n) is 4.74. The number of ketones is 1. The highest BCUT2D eigenvalue weighted by molar-refractivity contribution is 7.03. The van der Waals surface area contributed by atoms with Crippen LogP contribution < -0.4 is 0 Å². The van der Waals surface area contributed by atoms with E-state index >= 15 is 0 Å². The van der Waals surface area contributed by atoms with Gasteiger partial charge < -0.3 is 0 Å². The van der Waals surface area contributed by atoms with Gasteiger partial charge in [-0.1, -0.05) is 13.8 Å². The number of rotatable bonds is 1. The van der Waals surface area contributed by atoms with Crippen LogP contribution in [0.2, 0.25) is 0 Å². The van der Waals surface area contributed by atoms with Gasteiger partial charge in [-0.05, 0) is 34.8 Å². The molecule has 14 heavy (non-hydrogen) atoms. The molecule has 2 rings (SSSR count). The maximum Gasteiger partial charge on any atom is 0.133 e. The summed E-state index contributed by atoms with van der Waals surface area (Å²) >= 11 is 1.47. The van der Waals surface area contributed by atoms with Gasteiger partial charge in [0.05, 0.1) is 0 Å². The SMILES string of the molecule is CC1(C)CCC(=O)CC1c1cnsc1. The largest absolute Gasteiger partial charge is 0.300 e. The zero-order valence-corrected chi connectivity index (χ0v) is 9.43. The van der Waals surface area contributed by atoms with Crippen molar-refractivity contribution >= 4 is 17.3 Å². The zero-order valence-electron chi connectivity index (χ0n) is 8.62. The van der Waals surface area contributed by atoms with E-state index in [1.54, 1.807) is 0 Å². The maximum absolute atomic E-state index is 11.4. The Morgan fingerprint density at radius 2 is 2.36 bits per heavy atom. The summed E-state index contributed by atoms with van der Waals surface area (Å²) in [5.74, 6) is 0.781. The fourth-order valence-corrected chi connectivity index (χ4v) is 2.79. The fourth-order valence-electron chi connectivity index (χ4n) is 2.20. The predicted molar refractivity (Wildman–Crippen MR) is 57.5 cm³/mol. The van der Waals surface area contributed by atoms with E-state index in [1.807, 2.05) is 6.20 Å². The average Bonchev–Trinajstić information content (AvgIpc) is 2.62. The van der Waals surface area contributed by atoms with Crippen LogP contribution in [0.5, 0.6) is 0 Å². The third kappa shape index (κ3) is 1.73. The molecule has 1 aliphatic carbocycles. The Morgan fingerprint density at radius 3 is 3.00 bits per heavy atom. The molecule has 1 aromatic heterocycles. The first-order chi connectivity index (χ1) is 6.59. The van der Waals surface area contributed by atoms with Gasteiger partial charge in [0.2, 0.25) is 0 Å². The molecule has 0 bridgehead atoms. The highest BCUT2D eigenvalue weighted by atomic mass is 32.1. The van der Waals surface area contributed by atoms with Crippen molar-refractivity contribution in [2.24, 2.45) is 5.41 Å². The fraction of sp³-hybridized carbons (Fsp3) is 0.636. The molecule has 0 aliphatic heterocycles. The number of Topliss-reactive ketones (excluding diaryl/α,β-unsaturated/α-hetero) is 1. The average molecular weight is 209 g/mol. The summed E-state index contributed by atoms with van der Waals surface area (Å²) in [6.45, 7) is 4.50. The van der Waals surface area contributed by atoms with Crippen molar-refractivity contribution in [3.8, 4) is 0 Å². The molecule has 0 spiro atoms. The smallest absolute Gasteiger partial charge is 0.133 e. The van der Waals surface area contributed by atoms with Gasteiger partial charge in [0.25, 0.3) is 0 Å². The Morgan fingerprint density at radius 1 is 1.57 bits per heavy atom. The lowest BCUT2D eigenvalue weighted by Gasteiger charge is -2.37. The van der Waals surface area contributed by atoms with Crippen LogP contribution in [0.3, 0.4) is 0 Å². The molecule has 0 amide bonds. The molecule has 1 aromatic rings. The molecule has 1 heterocycles. The lowest BCUT2D eigenvalue weighted by Crippen LogP contribution is -2.30. The van der Waals surface area contributed by atoms with Crippen molar-refractivity contribution in [1.82, 2.24) is 4.37 Å². The first-order valence-electron chi connectivity index (χ1n) is 5.00. The number of nitrogens with zero attached hydrogens (tertiary/aromatic N) is 1. The molecule has 0 N–H and O–H groups in total. The van der Waals surface area contributed by atoms with E-state index in [9.17, 15) is 4.79 Å². The molecular formula is C11H15NOS. The van der Waals surface area contributed by atoms with Crippen LogP contribution in [0, 0.1) is 5.41 Å². The van der Waals surface area contributed by atoms with Gasteiger partial charge in [-0.2, -0.15) is 0 Å². The molecule has 1 saturated carbocycles.